The lowest BCUT2D eigenvalue weighted by atomic mass is 10.1. The van der Waals surface area contributed by atoms with Crippen molar-refractivity contribution in [2.45, 2.75) is 19.3 Å². The van der Waals surface area contributed by atoms with E-state index < -0.39 is 5.95 Å². The quantitative estimate of drug-likeness (QED) is 0.503. The van der Waals surface area contributed by atoms with Crippen LogP contribution in [0.5, 0.6) is 5.75 Å². The highest BCUT2D eigenvalue weighted by molar-refractivity contribution is 6.31. The summed E-state index contributed by atoms with van der Waals surface area (Å²) in [5.74, 6) is -0.114. The van der Waals surface area contributed by atoms with Gasteiger partial charge in [-0.15, -0.1) is 6.58 Å². The predicted molar refractivity (Wildman–Crippen MR) is 69.0 cm³/mol. The van der Waals surface area contributed by atoms with E-state index in [4.69, 9.17) is 16.3 Å². The molecule has 0 aliphatic rings. The summed E-state index contributed by atoms with van der Waals surface area (Å²) >= 11 is 5.81. The molecular weight excluding hydrogens is 243 g/mol. The van der Waals surface area contributed by atoms with Crippen molar-refractivity contribution >= 4 is 11.6 Å². The third-order valence-corrected chi connectivity index (χ3v) is 2.48. The molecule has 0 aromatic carbocycles. The van der Waals surface area contributed by atoms with Crippen LogP contribution in [-0.2, 0) is 6.42 Å². The van der Waals surface area contributed by atoms with Gasteiger partial charge in [0.2, 0.25) is 5.95 Å². The van der Waals surface area contributed by atoms with Gasteiger partial charge in [-0.05, 0) is 26.3 Å². The van der Waals surface area contributed by atoms with Crippen molar-refractivity contribution < 1.29 is 9.13 Å². The van der Waals surface area contributed by atoms with E-state index in [1.165, 1.54) is 20.4 Å². The summed E-state index contributed by atoms with van der Waals surface area (Å²) in [6.45, 7) is 3.62. The number of halogens is 2. The maximum atomic E-state index is 13.1. The molecule has 0 radical (unpaired) electrons. The third kappa shape index (κ3) is 4.71. The molecule has 2 N–H and O–H groups in total. The van der Waals surface area contributed by atoms with Crippen molar-refractivity contribution in [2.24, 2.45) is 5.73 Å². The highest BCUT2D eigenvalue weighted by Crippen LogP contribution is 2.28. The van der Waals surface area contributed by atoms with Crippen molar-refractivity contribution in [1.29, 1.82) is 0 Å². The Morgan fingerprint density at radius 1 is 1.59 bits per heavy atom. The Morgan fingerprint density at radius 2 is 2.24 bits per heavy atom. The zero-order valence-corrected chi connectivity index (χ0v) is 10.9. The number of nitrogens with two attached hydrogens (primary N) is 1. The van der Waals surface area contributed by atoms with Crippen molar-refractivity contribution in [1.82, 2.24) is 4.98 Å². The lowest BCUT2D eigenvalue weighted by molar-refractivity contribution is 0.404. The van der Waals surface area contributed by atoms with Gasteiger partial charge < -0.3 is 10.5 Å². The van der Waals surface area contributed by atoms with E-state index in [1.807, 2.05) is 6.08 Å². The number of methoxy groups -OCH3 is 1. The predicted octanol–water partition coefficient (Wildman–Crippen LogP) is 2.97. The first kappa shape index (κ1) is 15.9. The largest absolute Gasteiger partial charge is 0.495 e. The van der Waals surface area contributed by atoms with Crippen LogP contribution in [0, 0.1) is 5.95 Å². The number of aromatic nitrogens is 1. The van der Waals surface area contributed by atoms with Crippen LogP contribution in [0.1, 0.15) is 18.4 Å². The number of allylic oxidation sites excluding steroid dienone is 1. The summed E-state index contributed by atoms with van der Waals surface area (Å²) in [6.07, 6.45) is 5.56. The second-order valence-corrected chi connectivity index (χ2v) is 3.47. The maximum absolute atomic E-state index is 13.1. The van der Waals surface area contributed by atoms with Crippen molar-refractivity contribution in [3.05, 3.63) is 35.4 Å². The highest BCUT2D eigenvalue weighted by Gasteiger charge is 2.12. The summed E-state index contributed by atoms with van der Waals surface area (Å²) in [7, 11) is 3.02. The van der Waals surface area contributed by atoms with Gasteiger partial charge in [0.25, 0.3) is 0 Å². The lowest BCUT2D eigenvalue weighted by Crippen LogP contribution is -1.98. The van der Waals surface area contributed by atoms with Gasteiger partial charge in [0.05, 0.1) is 13.3 Å². The molecule has 1 aromatic rings. The first-order chi connectivity index (χ1) is 8.20. The van der Waals surface area contributed by atoms with Gasteiger partial charge in [-0.2, -0.15) is 4.39 Å². The van der Waals surface area contributed by atoms with E-state index >= 15 is 0 Å². The Kier molecular flexibility index (Phi) is 8.36. The smallest absolute Gasteiger partial charge is 0.232 e. The summed E-state index contributed by atoms with van der Waals surface area (Å²) in [6, 6.07) is 0. The van der Waals surface area contributed by atoms with Gasteiger partial charge in [0, 0.05) is 5.56 Å². The number of unbranched alkanes of at least 4 members (excludes halogenated alkanes) is 1. The van der Waals surface area contributed by atoms with E-state index in [1.54, 1.807) is 0 Å². The molecule has 0 unspecified atom stereocenters. The van der Waals surface area contributed by atoms with Crippen molar-refractivity contribution in [3.63, 3.8) is 0 Å². The molecule has 1 aromatic heterocycles. The lowest BCUT2D eigenvalue weighted by Gasteiger charge is -2.09. The molecule has 0 aliphatic carbocycles. The number of ether oxygens (including phenoxy) is 1. The fourth-order valence-electron chi connectivity index (χ4n) is 1.31. The Bertz CT molecular complexity index is 359. The van der Waals surface area contributed by atoms with E-state index in [9.17, 15) is 4.39 Å². The third-order valence-electron chi connectivity index (χ3n) is 2.09. The average Bonchev–Trinajstić information content (AvgIpc) is 2.37. The minimum Gasteiger partial charge on any atom is -0.495 e. The molecular formula is C12H18ClFN2O. The molecule has 17 heavy (non-hydrogen) atoms. The summed E-state index contributed by atoms with van der Waals surface area (Å²) in [5, 5.41) is 0.0541. The van der Waals surface area contributed by atoms with Gasteiger partial charge in [0.15, 0.2) is 0 Å². The van der Waals surface area contributed by atoms with Crippen LogP contribution in [0.2, 0.25) is 5.02 Å². The van der Waals surface area contributed by atoms with Crippen LogP contribution < -0.4 is 10.5 Å². The first-order valence-corrected chi connectivity index (χ1v) is 5.64. The van der Waals surface area contributed by atoms with Gasteiger partial charge in [0.1, 0.15) is 10.8 Å². The normalized spacial score (nSPS) is 9.24. The second kappa shape index (κ2) is 8.96. The summed E-state index contributed by atoms with van der Waals surface area (Å²) in [5.41, 5.74) is 5.17. The van der Waals surface area contributed by atoms with Gasteiger partial charge in [-0.25, -0.2) is 4.98 Å². The minimum absolute atomic E-state index is 0.0541. The first-order valence-electron chi connectivity index (χ1n) is 5.26. The summed E-state index contributed by atoms with van der Waals surface area (Å²) < 4.78 is 18.2. The average molecular weight is 261 g/mol. The highest BCUT2D eigenvalue weighted by atomic mass is 35.5. The molecule has 0 spiro atoms. The Labute approximate surface area is 106 Å². The fraction of sp³-hybridized carbons (Fsp3) is 0.417. The van der Waals surface area contributed by atoms with Crippen molar-refractivity contribution in [2.75, 3.05) is 14.2 Å². The Balaban J connectivity index is 0.00000121. The number of hydrogen-bond donors (Lipinski definition) is 1. The Morgan fingerprint density at radius 3 is 2.76 bits per heavy atom. The van der Waals surface area contributed by atoms with Crippen LogP contribution in [0.3, 0.4) is 0 Å². The Hall–Kier alpha value is -1.13. The van der Waals surface area contributed by atoms with Gasteiger partial charge in [-0.3, -0.25) is 0 Å². The van der Waals surface area contributed by atoms with Crippen LogP contribution in [-0.4, -0.2) is 19.1 Å². The monoisotopic (exact) mass is 260 g/mol. The van der Waals surface area contributed by atoms with Crippen LogP contribution >= 0.6 is 11.6 Å². The molecule has 96 valence electrons. The summed E-state index contributed by atoms with van der Waals surface area (Å²) in [4.78, 5) is 3.49. The second-order valence-electron chi connectivity index (χ2n) is 3.09. The van der Waals surface area contributed by atoms with Crippen LogP contribution in [0.4, 0.5) is 4.39 Å². The number of nitrogens with zero attached hydrogens (tertiary/aromatic N) is 1. The number of hydrogen-bond acceptors (Lipinski definition) is 3. The maximum Gasteiger partial charge on any atom is 0.232 e. The molecule has 0 saturated carbocycles. The molecule has 0 fully saturated rings. The van der Waals surface area contributed by atoms with Gasteiger partial charge >= 0.3 is 0 Å². The SMILES string of the molecule is C=CCCCc1c(OC)cnc(F)c1Cl.CN. The van der Waals surface area contributed by atoms with E-state index in [-0.39, 0.29) is 5.02 Å². The molecule has 0 amide bonds. The zero-order chi connectivity index (χ0) is 13.3. The standard InChI is InChI=1S/C11H13ClFNO.CH5N/c1-3-4-5-6-8-9(15-2)7-14-11(13)10(8)12;1-2/h3,7H,1,4-6H2,2H3;2H2,1H3. The number of rotatable bonds is 5. The topological polar surface area (TPSA) is 48.1 Å². The fourth-order valence-corrected chi connectivity index (χ4v) is 1.55. The van der Waals surface area contributed by atoms with E-state index in [2.05, 4.69) is 17.3 Å². The molecule has 0 bridgehead atoms. The zero-order valence-electron chi connectivity index (χ0n) is 10.2. The molecule has 0 aliphatic heterocycles. The molecule has 0 saturated heterocycles. The van der Waals surface area contributed by atoms with E-state index in [0.717, 1.165) is 12.8 Å². The molecule has 1 rings (SSSR count). The van der Waals surface area contributed by atoms with Crippen molar-refractivity contribution in [3.8, 4) is 5.75 Å². The van der Waals surface area contributed by atoms with Crippen LogP contribution in [0.25, 0.3) is 0 Å². The van der Waals surface area contributed by atoms with E-state index in [0.29, 0.717) is 17.7 Å². The molecule has 5 heteroatoms. The van der Waals surface area contributed by atoms with Crippen LogP contribution in [0.15, 0.2) is 18.9 Å². The molecule has 1 heterocycles. The molecule has 0 atom stereocenters. The minimum atomic E-state index is -0.647. The number of pyridine rings is 1. The molecule has 3 nitrogen and oxygen atoms in total. The van der Waals surface area contributed by atoms with Gasteiger partial charge in [-0.1, -0.05) is 17.7 Å².